The van der Waals surface area contributed by atoms with Crippen molar-refractivity contribution in [2.24, 2.45) is 0 Å². The van der Waals surface area contributed by atoms with Crippen molar-refractivity contribution < 1.29 is 5.11 Å². The number of piperidine rings is 1. The Bertz CT molecular complexity index is 728. The summed E-state index contributed by atoms with van der Waals surface area (Å²) in [6.45, 7) is 1.78. The van der Waals surface area contributed by atoms with E-state index in [1.165, 1.54) is 12.6 Å². The summed E-state index contributed by atoms with van der Waals surface area (Å²) in [5.41, 5.74) is 0.756. The zero-order valence-corrected chi connectivity index (χ0v) is 13.9. The molecule has 6 nitrogen and oxygen atoms in total. The van der Waals surface area contributed by atoms with Crippen molar-refractivity contribution in [2.75, 3.05) is 18.0 Å². The molecule has 2 unspecified atom stereocenters. The SMILES string of the molecule is N#CC(c1ccccn1)C(O)c1nc(N2CCCCC2)ncc1Cl. The Morgan fingerprint density at radius 1 is 1.21 bits per heavy atom. The first-order valence-electron chi connectivity index (χ1n) is 7.96. The molecule has 0 aliphatic carbocycles. The maximum absolute atomic E-state index is 10.7. The number of hydrogen-bond acceptors (Lipinski definition) is 6. The van der Waals surface area contributed by atoms with E-state index in [-0.39, 0.29) is 10.7 Å². The van der Waals surface area contributed by atoms with Gasteiger partial charge in [-0.3, -0.25) is 4.98 Å². The Balaban J connectivity index is 1.91. The first-order valence-corrected chi connectivity index (χ1v) is 8.34. The number of aliphatic hydroxyl groups is 1. The molecule has 7 heteroatoms. The number of hydrogen-bond donors (Lipinski definition) is 1. The molecule has 0 saturated carbocycles. The second kappa shape index (κ2) is 7.56. The van der Waals surface area contributed by atoms with Crippen LogP contribution in [-0.4, -0.2) is 33.1 Å². The molecule has 0 aromatic carbocycles. The molecule has 2 aromatic heterocycles. The number of halogens is 1. The Morgan fingerprint density at radius 2 is 2.00 bits per heavy atom. The summed E-state index contributed by atoms with van der Waals surface area (Å²) in [5, 5.41) is 20.4. The minimum absolute atomic E-state index is 0.249. The molecule has 0 bridgehead atoms. The van der Waals surface area contributed by atoms with E-state index in [1.54, 1.807) is 24.4 Å². The Hall–Kier alpha value is -2.23. The summed E-state index contributed by atoms with van der Waals surface area (Å²) in [4.78, 5) is 15.0. The summed E-state index contributed by atoms with van der Waals surface area (Å²) in [5.74, 6) is -0.293. The molecule has 2 atom stereocenters. The second-order valence-electron chi connectivity index (χ2n) is 5.76. The van der Waals surface area contributed by atoms with Gasteiger partial charge in [0.25, 0.3) is 0 Å². The lowest BCUT2D eigenvalue weighted by molar-refractivity contribution is 0.158. The lowest BCUT2D eigenvalue weighted by atomic mass is 9.97. The standard InChI is InChI=1S/C17H18ClN5O/c18-13-11-21-17(23-8-4-1-5-9-23)22-15(13)16(24)12(10-19)14-6-2-3-7-20-14/h2-3,6-7,11-12,16,24H,1,4-5,8-9H2. The van der Waals surface area contributed by atoms with Crippen molar-refractivity contribution >= 4 is 17.5 Å². The molecule has 0 amide bonds. The van der Waals surface area contributed by atoms with E-state index in [1.807, 2.05) is 0 Å². The Kier molecular flexibility index (Phi) is 5.24. The fourth-order valence-corrected chi connectivity index (χ4v) is 3.04. The summed E-state index contributed by atoms with van der Waals surface area (Å²) >= 11 is 6.19. The maximum Gasteiger partial charge on any atom is 0.225 e. The average Bonchev–Trinajstić information content (AvgIpc) is 2.64. The van der Waals surface area contributed by atoms with Crippen LogP contribution in [0.25, 0.3) is 0 Å². The highest BCUT2D eigenvalue weighted by atomic mass is 35.5. The summed E-state index contributed by atoms with van der Waals surface area (Å²) < 4.78 is 0. The normalized spacial score (nSPS) is 17.1. The van der Waals surface area contributed by atoms with E-state index < -0.39 is 12.0 Å². The summed E-state index contributed by atoms with van der Waals surface area (Å²) in [7, 11) is 0. The number of nitrogens with zero attached hydrogens (tertiary/aromatic N) is 5. The molecule has 1 fully saturated rings. The molecular formula is C17H18ClN5O. The number of pyridine rings is 1. The zero-order chi connectivity index (χ0) is 16.9. The molecule has 1 saturated heterocycles. The monoisotopic (exact) mass is 343 g/mol. The van der Waals surface area contributed by atoms with E-state index in [0.29, 0.717) is 11.6 Å². The van der Waals surface area contributed by atoms with Crippen LogP contribution in [0.5, 0.6) is 0 Å². The van der Waals surface area contributed by atoms with Crippen LogP contribution in [0.2, 0.25) is 5.02 Å². The quantitative estimate of drug-likeness (QED) is 0.918. The van der Waals surface area contributed by atoms with E-state index in [2.05, 4.69) is 25.9 Å². The highest BCUT2D eigenvalue weighted by Gasteiger charge is 2.28. The molecule has 124 valence electrons. The van der Waals surface area contributed by atoms with Gasteiger partial charge in [-0.25, -0.2) is 9.97 Å². The topological polar surface area (TPSA) is 85.9 Å². The van der Waals surface area contributed by atoms with Crippen LogP contribution < -0.4 is 4.90 Å². The molecule has 2 aromatic rings. The first-order chi connectivity index (χ1) is 11.7. The number of aliphatic hydroxyl groups excluding tert-OH is 1. The van der Waals surface area contributed by atoms with Crippen LogP contribution >= 0.6 is 11.6 Å². The van der Waals surface area contributed by atoms with Crippen LogP contribution in [0.15, 0.2) is 30.6 Å². The fourth-order valence-electron chi connectivity index (χ4n) is 2.84. The molecule has 24 heavy (non-hydrogen) atoms. The van der Waals surface area contributed by atoms with E-state index in [9.17, 15) is 10.4 Å². The van der Waals surface area contributed by atoms with Gasteiger partial charge in [-0.15, -0.1) is 0 Å². The van der Waals surface area contributed by atoms with E-state index in [0.717, 1.165) is 25.9 Å². The molecular weight excluding hydrogens is 326 g/mol. The van der Waals surface area contributed by atoms with Crippen LogP contribution in [0.4, 0.5) is 5.95 Å². The van der Waals surface area contributed by atoms with Gasteiger partial charge >= 0.3 is 0 Å². The van der Waals surface area contributed by atoms with Crippen molar-refractivity contribution in [3.8, 4) is 6.07 Å². The third-order valence-corrected chi connectivity index (χ3v) is 4.43. The number of aromatic nitrogens is 3. The lowest BCUT2D eigenvalue weighted by Gasteiger charge is -2.27. The van der Waals surface area contributed by atoms with Gasteiger partial charge in [0.2, 0.25) is 5.95 Å². The van der Waals surface area contributed by atoms with Crippen LogP contribution in [0, 0.1) is 11.3 Å². The van der Waals surface area contributed by atoms with Gasteiger partial charge < -0.3 is 10.0 Å². The third-order valence-electron chi connectivity index (χ3n) is 4.14. The van der Waals surface area contributed by atoms with Gasteiger partial charge in [-0.2, -0.15) is 5.26 Å². The highest BCUT2D eigenvalue weighted by molar-refractivity contribution is 6.31. The second-order valence-corrected chi connectivity index (χ2v) is 6.16. The van der Waals surface area contributed by atoms with E-state index in [4.69, 9.17) is 11.6 Å². The largest absolute Gasteiger partial charge is 0.385 e. The molecule has 3 rings (SSSR count). The summed E-state index contributed by atoms with van der Waals surface area (Å²) in [6.07, 6.45) is 5.31. The smallest absolute Gasteiger partial charge is 0.225 e. The van der Waals surface area contributed by atoms with Crippen molar-refractivity contribution in [1.29, 1.82) is 5.26 Å². The Labute approximate surface area is 145 Å². The number of anilines is 1. The zero-order valence-electron chi connectivity index (χ0n) is 13.1. The number of rotatable bonds is 4. The molecule has 0 radical (unpaired) electrons. The Morgan fingerprint density at radius 3 is 2.67 bits per heavy atom. The number of nitriles is 1. The predicted molar refractivity (Wildman–Crippen MR) is 90.7 cm³/mol. The van der Waals surface area contributed by atoms with Crippen LogP contribution in [0.3, 0.4) is 0 Å². The minimum atomic E-state index is -1.16. The van der Waals surface area contributed by atoms with Crippen LogP contribution in [0.1, 0.15) is 42.7 Å². The average molecular weight is 344 g/mol. The molecule has 1 aliphatic rings. The molecule has 1 N–H and O–H groups in total. The van der Waals surface area contributed by atoms with E-state index >= 15 is 0 Å². The van der Waals surface area contributed by atoms with Crippen molar-refractivity contribution in [3.05, 3.63) is 47.0 Å². The molecule has 0 spiro atoms. The molecule has 3 heterocycles. The first kappa shape index (κ1) is 16.6. The van der Waals surface area contributed by atoms with Gasteiger partial charge in [0.05, 0.1) is 28.7 Å². The summed E-state index contributed by atoms with van der Waals surface area (Å²) in [6, 6.07) is 7.34. The van der Waals surface area contributed by atoms with Gasteiger partial charge in [0.1, 0.15) is 12.0 Å². The van der Waals surface area contributed by atoms with Crippen LogP contribution in [-0.2, 0) is 0 Å². The lowest BCUT2D eigenvalue weighted by Crippen LogP contribution is -2.31. The van der Waals surface area contributed by atoms with Gasteiger partial charge in [-0.05, 0) is 31.4 Å². The third kappa shape index (κ3) is 3.48. The van der Waals surface area contributed by atoms with Crippen molar-refractivity contribution in [3.63, 3.8) is 0 Å². The van der Waals surface area contributed by atoms with Gasteiger partial charge in [0.15, 0.2) is 0 Å². The van der Waals surface area contributed by atoms with Crippen molar-refractivity contribution in [1.82, 2.24) is 15.0 Å². The van der Waals surface area contributed by atoms with Gasteiger partial charge in [-0.1, -0.05) is 17.7 Å². The maximum atomic E-state index is 10.7. The van der Waals surface area contributed by atoms with Crippen molar-refractivity contribution in [2.45, 2.75) is 31.3 Å². The minimum Gasteiger partial charge on any atom is -0.385 e. The predicted octanol–water partition coefficient (Wildman–Crippen LogP) is 2.86. The van der Waals surface area contributed by atoms with Gasteiger partial charge in [0, 0.05) is 19.3 Å². The molecule has 1 aliphatic heterocycles. The fraction of sp³-hybridized carbons (Fsp3) is 0.412. The highest BCUT2D eigenvalue weighted by Crippen LogP contribution is 2.33.